The van der Waals surface area contributed by atoms with E-state index >= 15 is 0 Å². The fourth-order valence-electron chi connectivity index (χ4n) is 3.60. The normalized spacial score (nSPS) is 24.2. The van der Waals surface area contributed by atoms with Crippen LogP contribution in [0, 0.1) is 5.92 Å². The molecule has 2 aliphatic rings. The topological polar surface area (TPSA) is 70.6 Å². The molecule has 2 atom stereocenters. The summed E-state index contributed by atoms with van der Waals surface area (Å²) in [6.07, 6.45) is 10.5. The van der Waals surface area contributed by atoms with Gasteiger partial charge in [-0.25, -0.2) is 9.78 Å². The zero-order valence-electron chi connectivity index (χ0n) is 15.1. The summed E-state index contributed by atoms with van der Waals surface area (Å²) in [4.78, 5) is 24.7. The van der Waals surface area contributed by atoms with Gasteiger partial charge >= 0.3 is 6.03 Å². The summed E-state index contributed by atoms with van der Waals surface area (Å²) in [5.41, 5.74) is 0. The van der Waals surface area contributed by atoms with E-state index in [1.54, 1.807) is 18.6 Å². The monoisotopic (exact) mass is 347 g/mol. The van der Waals surface area contributed by atoms with Crippen LogP contribution in [0.25, 0.3) is 0 Å². The first-order valence-electron chi connectivity index (χ1n) is 9.39. The molecule has 2 unspecified atom stereocenters. The van der Waals surface area contributed by atoms with Crippen LogP contribution in [0.1, 0.15) is 32.6 Å². The lowest BCUT2D eigenvalue weighted by Crippen LogP contribution is -2.52. The molecule has 7 heteroatoms. The Morgan fingerprint density at radius 3 is 2.76 bits per heavy atom. The highest BCUT2D eigenvalue weighted by Gasteiger charge is 2.23. The molecule has 3 rings (SSSR count). The van der Waals surface area contributed by atoms with Crippen LogP contribution in [0.3, 0.4) is 0 Å². The number of nitrogens with zero attached hydrogens (tertiary/aromatic N) is 4. The van der Waals surface area contributed by atoms with Crippen molar-refractivity contribution in [2.45, 2.75) is 38.7 Å². The molecule has 7 nitrogen and oxygen atoms in total. The number of ether oxygens (including phenoxy) is 1. The standard InChI is InChI=1S/C18H29N5O2/c1-15-4-2-3-5-16(15)25-13-8-21-18(24)23-11-9-22(10-12-23)17-14-19-6-7-20-17/h6-7,14-16H,2-5,8-13H2,1H3,(H,21,24). The quantitative estimate of drug-likeness (QED) is 0.824. The maximum absolute atomic E-state index is 12.3. The number of rotatable bonds is 5. The second kappa shape index (κ2) is 8.99. The summed E-state index contributed by atoms with van der Waals surface area (Å²) in [5.74, 6) is 1.51. The number of hydrogen-bond donors (Lipinski definition) is 1. The zero-order valence-corrected chi connectivity index (χ0v) is 15.1. The van der Waals surface area contributed by atoms with Crippen molar-refractivity contribution in [3.63, 3.8) is 0 Å². The van der Waals surface area contributed by atoms with Crippen LogP contribution < -0.4 is 10.2 Å². The Morgan fingerprint density at radius 1 is 1.24 bits per heavy atom. The van der Waals surface area contributed by atoms with Crippen molar-refractivity contribution in [2.75, 3.05) is 44.2 Å². The third-order valence-corrected chi connectivity index (χ3v) is 5.18. The van der Waals surface area contributed by atoms with E-state index in [-0.39, 0.29) is 6.03 Å². The molecule has 1 aliphatic heterocycles. The molecule has 2 fully saturated rings. The third kappa shape index (κ3) is 5.04. The van der Waals surface area contributed by atoms with Gasteiger partial charge in [0, 0.05) is 45.1 Å². The maximum Gasteiger partial charge on any atom is 0.317 e. The number of urea groups is 1. The molecular formula is C18H29N5O2. The number of carbonyl (C=O) groups is 1. The van der Waals surface area contributed by atoms with Gasteiger partial charge < -0.3 is 19.9 Å². The minimum atomic E-state index is -0.000844. The van der Waals surface area contributed by atoms with Crippen molar-refractivity contribution < 1.29 is 9.53 Å². The van der Waals surface area contributed by atoms with Gasteiger partial charge in [-0.15, -0.1) is 0 Å². The number of amides is 2. The van der Waals surface area contributed by atoms with Gasteiger partial charge in [-0.1, -0.05) is 19.8 Å². The summed E-state index contributed by atoms with van der Waals surface area (Å²) in [6.45, 7) is 6.39. The number of anilines is 1. The Hall–Kier alpha value is -1.89. The van der Waals surface area contributed by atoms with E-state index in [0.29, 0.717) is 38.3 Å². The molecule has 138 valence electrons. The summed E-state index contributed by atoms with van der Waals surface area (Å²) in [7, 11) is 0. The molecule has 25 heavy (non-hydrogen) atoms. The van der Waals surface area contributed by atoms with E-state index in [4.69, 9.17) is 4.74 Å². The largest absolute Gasteiger partial charge is 0.376 e. The third-order valence-electron chi connectivity index (χ3n) is 5.18. The minimum absolute atomic E-state index is 0.000844. The van der Waals surface area contributed by atoms with Gasteiger partial charge in [0.25, 0.3) is 0 Å². The second-order valence-electron chi connectivity index (χ2n) is 6.94. The van der Waals surface area contributed by atoms with Gasteiger partial charge in [0.05, 0.1) is 18.9 Å². The SMILES string of the molecule is CC1CCCCC1OCCNC(=O)N1CCN(c2cnccn2)CC1. The number of piperazine rings is 1. The van der Waals surface area contributed by atoms with Gasteiger partial charge in [-0.2, -0.15) is 0 Å². The van der Waals surface area contributed by atoms with Crippen LogP contribution in [0.4, 0.5) is 10.6 Å². The Labute approximate surface area is 149 Å². The highest BCUT2D eigenvalue weighted by Crippen LogP contribution is 2.25. The summed E-state index contributed by atoms with van der Waals surface area (Å²) >= 11 is 0. The molecule has 0 radical (unpaired) electrons. The molecule has 1 aromatic rings. The first-order chi connectivity index (χ1) is 12.2. The van der Waals surface area contributed by atoms with E-state index in [9.17, 15) is 4.79 Å². The molecule has 1 saturated carbocycles. The van der Waals surface area contributed by atoms with E-state index < -0.39 is 0 Å². The van der Waals surface area contributed by atoms with Crippen LogP contribution in [-0.2, 0) is 4.74 Å². The molecule has 2 heterocycles. The zero-order chi connectivity index (χ0) is 17.5. The average molecular weight is 347 g/mol. The molecule has 1 aliphatic carbocycles. The summed E-state index contributed by atoms with van der Waals surface area (Å²) < 4.78 is 5.95. The van der Waals surface area contributed by atoms with Gasteiger partial charge in [0.1, 0.15) is 5.82 Å². The lowest BCUT2D eigenvalue weighted by molar-refractivity contribution is -0.00272. The fourth-order valence-corrected chi connectivity index (χ4v) is 3.60. The second-order valence-corrected chi connectivity index (χ2v) is 6.94. The molecule has 1 aromatic heterocycles. The lowest BCUT2D eigenvalue weighted by atomic mass is 9.88. The van der Waals surface area contributed by atoms with E-state index in [2.05, 4.69) is 27.1 Å². The Balaban J connectivity index is 1.33. The molecule has 0 bridgehead atoms. The predicted molar refractivity (Wildman–Crippen MR) is 96.6 cm³/mol. The van der Waals surface area contributed by atoms with Gasteiger partial charge in [0.15, 0.2) is 0 Å². The highest BCUT2D eigenvalue weighted by molar-refractivity contribution is 5.74. The minimum Gasteiger partial charge on any atom is -0.376 e. The Bertz CT molecular complexity index is 534. The number of aromatic nitrogens is 2. The molecule has 1 saturated heterocycles. The number of carbonyl (C=O) groups excluding carboxylic acids is 1. The first kappa shape index (κ1) is 17.9. The molecule has 0 aromatic carbocycles. The Kier molecular flexibility index (Phi) is 6.44. The van der Waals surface area contributed by atoms with Gasteiger partial charge in [0.2, 0.25) is 0 Å². The van der Waals surface area contributed by atoms with Crippen LogP contribution in [0.2, 0.25) is 0 Å². The molecule has 1 N–H and O–H groups in total. The van der Waals surface area contributed by atoms with E-state index in [0.717, 1.165) is 25.3 Å². The molecule has 0 spiro atoms. The first-order valence-corrected chi connectivity index (χ1v) is 9.39. The van der Waals surface area contributed by atoms with Crippen LogP contribution in [-0.4, -0.2) is 66.3 Å². The number of nitrogens with one attached hydrogen (secondary N) is 1. The lowest BCUT2D eigenvalue weighted by Gasteiger charge is -2.35. The van der Waals surface area contributed by atoms with Crippen molar-refractivity contribution in [3.05, 3.63) is 18.6 Å². The smallest absolute Gasteiger partial charge is 0.317 e. The van der Waals surface area contributed by atoms with Crippen molar-refractivity contribution in [1.82, 2.24) is 20.2 Å². The molecular weight excluding hydrogens is 318 g/mol. The van der Waals surface area contributed by atoms with Crippen molar-refractivity contribution in [2.24, 2.45) is 5.92 Å². The average Bonchev–Trinajstić information content (AvgIpc) is 2.67. The Morgan fingerprint density at radius 2 is 2.04 bits per heavy atom. The van der Waals surface area contributed by atoms with Crippen LogP contribution in [0.5, 0.6) is 0 Å². The van der Waals surface area contributed by atoms with Gasteiger partial charge in [-0.3, -0.25) is 4.98 Å². The van der Waals surface area contributed by atoms with Gasteiger partial charge in [-0.05, 0) is 18.8 Å². The van der Waals surface area contributed by atoms with Crippen LogP contribution in [0.15, 0.2) is 18.6 Å². The van der Waals surface area contributed by atoms with Crippen LogP contribution >= 0.6 is 0 Å². The fraction of sp³-hybridized carbons (Fsp3) is 0.722. The number of hydrogen-bond acceptors (Lipinski definition) is 5. The summed E-state index contributed by atoms with van der Waals surface area (Å²) in [6, 6.07) is -0.000844. The maximum atomic E-state index is 12.3. The highest BCUT2D eigenvalue weighted by atomic mass is 16.5. The van der Waals surface area contributed by atoms with E-state index in [1.807, 2.05) is 4.90 Å². The predicted octanol–water partition coefficient (Wildman–Crippen LogP) is 1.90. The van der Waals surface area contributed by atoms with Crippen molar-refractivity contribution >= 4 is 11.8 Å². The molecule has 2 amide bonds. The van der Waals surface area contributed by atoms with Crippen molar-refractivity contribution in [3.8, 4) is 0 Å². The summed E-state index contributed by atoms with van der Waals surface area (Å²) in [5, 5.41) is 2.98. The van der Waals surface area contributed by atoms with Crippen molar-refractivity contribution in [1.29, 1.82) is 0 Å². The van der Waals surface area contributed by atoms with E-state index in [1.165, 1.54) is 19.3 Å².